The first-order valence-corrected chi connectivity index (χ1v) is 8.25. The minimum Gasteiger partial charge on any atom is -0.337 e. The van der Waals surface area contributed by atoms with E-state index in [4.69, 9.17) is 0 Å². The van der Waals surface area contributed by atoms with E-state index in [1.54, 1.807) is 18.0 Å². The molecule has 0 aromatic heterocycles. The van der Waals surface area contributed by atoms with Gasteiger partial charge in [-0.1, -0.05) is 28.1 Å². The molecule has 1 aliphatic rings. The maximum Gasteiger partial charge on any atom is 0.253 e. The largest absolute Gasteiger partial charge is 0.337 e. The number of carbonyl (C=O) groups is 2. The molecule has 0 atom stereocenters. The Morgan fingerprint density at radius 2 is 1.91 bits per heavy atom. The molecule has 23 heavy (non-hydrogen) atoms. The van der Waals surface area contributed by atoms with Crippen LogP contribution in [0, 0.1) is 0 Å². The molecule has 2 amide bonds. The molecule has 2 aromatic carbocycles. The Bertz CT molecular complexity index is 756. The van der Waals surface area contributed by atoms with Crippen LogP contribution in [0.1, 0.15) is 27.9 Å². The van der Waals surface area contributed by atoms with Crippen LogP contribution in [-0.2, 0) is 17.8 Å². The Balaban J connectivity index is 1.74. The zero-order valence-corrected chi connectivity index (χ0v) is 14.4. The Labute approximate surface area is 143 Å². The van der Waals surface area contributed by atoms with Crippen LogP contribution in [0.15, 0.2) is 46.9 Å². The molecular weight excluding hydrogens is 356 g/mol. The second kappa shape index (κ2) is 6.54. The summed E-state index contributed by atoms with van der Waals surface area (Å²) in [6, 6.07) is 13.4. The summed E-state index contributed by atoms with van der Waals surface area (Å²) in [7, 11) is 1.80. The van der Waals surface area contributed by atoms with E-state index in [0.717, 1.165) is 21.3 Å². The predicted octanol–water partition coefficient (Wildman–Crippen LogP) is 3.61. The Hall–Kier alpha value is -2.14. The second-order valence-corrected chi connectivity index (χ2v) is 6.62. The van der Waals surface area contributed by atoms with Gasteiger partial charge in [-0.3, -0.25) is 9.59 Å². The van der Waals surface area contributed by atoms with Crippen molar-refractivity contribution in [2.75, 3.05) is 12.4 Å². The quantitative estimate of drug-likeness (QED) is 0.894. The number of fused-ring (bicyclic) bond motifs is 1. The number of rotatable bonds is 3. The first-order chi connectivity index (χ1) is 11.0. The third kappa shape index (κ3) is 3.62. The van der Waals surface area contributed by atoms with Gasteiger partial charge in [0.15, 0.2) is 0 Å². The van der Waals surface area contributed by atoms with E-state index in [0.29, 0.717) is 24.9 Å². The average Bonchev–Trinajstić information content (AvgIpc) is 2.55. The summed E-state index contributed by atoms with van der Waals surface area (Å²) in [4.78, 5) is 25.7. The number of hydrogen-bond donors (Lipinski definition) is 1. The summed E-state index contributed by atoms with van der Waals surface area (Å²) in [6.45, 7) is 0.555. The van der Waals surface area contributed by atoms with Crippen molar-refractivity contribution in [2.24, 2.45) is 0 Å². The van der Waals surface area contributed by atoms with E-state index < -0.39 is 0 Å². The molecule has 3 rings (SSSR count). The lowest BCUT2D eigenvalue weighted by Gasteiger charge is -2.20. The van der Waals surface area contributed by atoms with Gasteiger partial charge in [-0.25, -0.2) is 0 Å². The summed E-state index contributed by atoms with van der Waals surface area (Å²) in [6.07, 6.45) is 1.15. The first kappa shape index (κ1) is 15.7. The SMILES string of the molecule is CN(Cc1ccc(Br)cc1)C(=O)c1ccc2c(c1)CCC(=O)N2. The van der Waals surface area contributed by atoms with Gasteiger partial charge >= 0.3 is 0 Å². The van der Waals surface area contributed by atoms with Crippen molar-refractivity contribution in [3.8, 4) is 0 Å². The van der Waals surface area contributed by atoms with Crippen molar-refractivity contribution in [3.05, 3.63) is 63.6 Å². The highest BCUT2D eigenvalue weighted by Gasteiger charge is 2.18. The summed E-state index contributed by atoms with van der Waals surface area (Å²) in [5, 5.41) is 2.83. The molecule has 0 saturated heterocycles. The van der Waals surface area contributed by atoms with E-state index >= 15 is 0 Å². The number of aryl methyl sites for hydroxylation is 1. The minimum absolute atomic E-state index is 0.0207. The number of halogens is 1. The molecule has 0 spiro atoms. The highest BCUT2D eigenvalue weighted by Crippen LogP contribution is 2.24. The normalized spacial score (nSPS) is 13.2. The van der Waals surface area contributed by atoms with Crippen LogP contribution in [0.3, 0.4) is 0 Å². The fourth-order valence-electron chi connectivity index (χ4n) is 2.67. The van der Waals surface area contributed by atoms with Gasteiger partial charge in [0.1, 0.15) is 0 Å². The fraction of sp³-hybridized carbons (Fsp3) is 0.222. The smallest absolute Gasteiger partial charge is 0.253 e. The molecule has 118 valence electrons. The van der Waals surface area contributed by atoms with Crippen molar-refractivity contribution in [3.63, 3.8) is 0 Å². The Morgan fingerprint density at radius 1 is 1.17 bits per heavy atom. The molecule has 0 saturated carbocycles. The zero-order chi connectivity index (χ0) is 16.4. The van der Waals surface area contributed by atoms with Gasteiger partial charge < -0.3 is 10.2 Å². The number of carbonyl (C=O) groups excluding carboxylic acids is 2. The van der Waals surface area contributed by atoms with Gasteiger partial charge in [-0.05, 0) is 47.9 Å². The number of nitrogens with zero attached hydrogens (tertiary/aromatic N) is 1. The molecule has 1 N–H and O–H groups in total. The predicted molar refractivity (Wildman–Crippen MR) is 93.3 cm³/mol. The van der Waals surface area contributed by atoms with Crippen molar-refractivity contribution in [1.29, 1.82) is 0 Å². The first-order valence-electron chi connectivity index (χ1n) is 7.45. The van der Waals surface area contributed by atoms with E-state index in [1.165, 1.54) is 0 Å². The second-order valence-electron chi connectivity index (χ2n) is 5.71. The number of anilines is 1. The van der Waals surface area contributed by atoms with E-state index in [-0.39, 0.29) is 11.8 Å². The van der Waals surface area contributed by atoms with Crippen molar-refractivity contribution in [2.45, 2.75) is 19.4 Å². The third-order valence-electron chi connectivity index (χ3n) is 3.93. The van der Waals surface area contributed by atoms with E-state index in [9.17, 15) is 9.59 Å². The van der Waals surface area contributed by atoms with E-state index in [2.05, 4.69) is 21.2 Å². The maximum atomic E-state index is 12.6. The molecule has 5 heteroatoms. The molecule has 2 aromatic rings. The molecule has 0 fully saturated rings. The van der Waals surface area contributed by atoms with Crippen LogP contribution in [0.4, 0.5) is 5.69 Å². The van der Waals surface area contributed by atoms with Crippen molar-refractivity contribution >= 4 is 33.4 Å². The van der Waals surface area contributed by atoms with Gasteiger partial charge in [0.2, 0.25) is 5.91 Å². The molecule has 0 bridgehead atoms. The van der Waals surface area contributed by atoms with Gasteiger partial charge in [0.05, 0.1) is 0 Å². The average molecular weight is 373 g/mol. The van der Waals surface area contributed by atoms with Crippen LogP contribution < -0.4 is 5.32 Å². The van der Waals surface area contributed by atoms with E-state index in [1.807, 2.05) is 36.4 Å². The highest BCUT2D eigenvalue weighted by atomic mass is 79.9. The Kier molecular flexibility index (Phi) is 4.48. The van der Waals surface area contributed by atoms with Gasteiger partial charge in [0, 0.05) is 35.7 Å². The number of amides is 2. The Morgan fingerprint density at radius 3 is 2.65 bits per heavy atom. The van der Waals surface area contributed by atoms with Crippen molar-refractivity contribution < 1.29 is 9.59 Å². The molecular formula is C18H17BrN2O2. The number of nitrogens with one attached hydrogen (secondary N) is 1. The van der Waals surface area contributed by atoms with Gasteiger partial charge in [0.25, 0.3) is 5.91 Å². The molecule has 0 radical (unpaired) electrons. The van der Waals surface area contributed by atoms with Crippen molar-refractivity contribution in [1.82, 2.24) is 4.90 Å². The molecule has 0 unspecified atom stereocenters. The van der Waals surface area contributed by atoms with Crippen LogP contribution in [0.2, 0.25) is 0 Å². The highest BCUT2D eigenvalue weighted by molar-refractivity contribution is 9.10. The molecule has 0 aliphatic carbocycles. The fourth-order valence-corrected chi connectivity index (χ4v) is 2.94. The summed E-state index contributed by atoms with van der Waals surface area (Å²) >= 11 is 3.41. The van der Waals surface area contributed by atoms with Crippen LogP contribution in [0.25, 0.3) is 0 Å². The molecule has 1 aliphatic heterocycles. The standard InChI is InChI=1S/C18H17BrN2O2/c1-21(11-12-2-6-15(19)7-3-12)18(23)14-4-8-16-13(10-14)5-9-17(22)20-16/h2-4,6-8,10H,5,9,11H2,1H3,(H,20,22). The molecule has 4 nitrogen and oxygen atoms in total. The van der Waals surface area contributed by atoms with Crippen LogP contribution >= 0.6 is 15.9 Å². The lowest BCUT2D eigenvalue weighted by Crippen LogP contribution is -2.27. The number of benzene rings is 2. The topological polar surface area (TPSA) is 49.4 Å². The van der Waals surface area contributed by atoms with Crippen LogP contribution in [-0.4, -0.2) is 23.8 Å². The maximum absolute atomic E-state index is 12.6. The minimum atomic E-state index is -0.0207. The van der Waals surface area contributed by atoms with Gasteiger partial charge in [-0.2, -0.15) is 0 Å². The van der Waals surface area contributed by atoms with Gasteiger partial charge in [-0.15, -0.1) is 0 Å². The van der Waals surface area contributed by atoms with Crippen LogP contribution in [0.5, 0.6) is 0 Å². The lowest BCUT2D eigenvalue weighted by molar-refractivity contribution is -0.116. The third-order valence-corrected chi connectivity index (χ3v) is 4.46. The summed E-state index contributed by atoms with van der Waals surface area (Å²) in [5.74, 6) is 0.0107. The summed E-state index contributed by atoms with van der Waals surface area (Å²) < 4.78 is 1.02. The molecule has 1 heterocycles. The lowest BCUT2D eigenvalue weighted by atomic mass is 10.00. The zero-order valence-electron chi connectivity index (χ0n) is 12.8. The number of hydrogen-bond acceptors (Lipinski definition) is 2. The summed E-state index contributed by atoms with van der Waals surface area (Å²) in [5.41, 5.74) is 3.56. The monoisotopic (exact) mass is 372 g/mol.